The SMILES string of the molecule is C[C@@H](C1CC1)N(C(=O)c1ccc([N+](=O)[O-])cc1)c1ccccc1. The maximum absolute atomic E-state index is 13.0. The molecule has 0 N–H and O–H groups in total. The lowest BCUT2D eigenvalue weighted by Crippen LogP contribution is -2.40. The second kappa shape index (κ2) is 6.20. The van der Waals surface area contributed by atoms with Crippen LogP contribution < -0.4 is 4.90 Å². The highest BCUT2D eigenvalue weighted by atomic mass is 16.6. The van der Waals surface area contributed by atoms with Gasteiger partial charge in [-0.1, -0.05) is 18.2 Å². The van der Waals surface area contributed by atoms with Gasteiger partial charge >= 0.3 is 0 Å². The summed E-state index contributed by atoms with van der Waals surface area (Å²) in [6, 6.07) is 15.5. The first-order valence-electron chi connectivity index (χ1n) is 7.71. The molecule has 0 bridgehead atoms. The molecule has 0 unspecified atom stereocenters. The Balaban J connectivity index is 1.92. The summed E-state index contributed by atoms with van der Waals surface area (Å²) in [5.41, 5.74) is 1.31. The fraction of sp³-hybridized carbons (Fsp3) is 0.278. The monoisotopic (exact) mass is 310 g/mol. The average Bonchev–Trinajstić information content (AvgIpc) is 3.41. The first-order chi connectivity index (χ1) is 11.1. The van der Waals surface area contributed by atoms with Crippen LogP contribution in [0.25, 0.3) is 0 Å². The van der Waals surface area contributed by atoms with Crippen molar-refractivity contribution in [3.05, 3.63) is 70.3 Å². The standard InChI is InChI=1S/C18H18N2O3/c1-13(14-7-8-14)19(16-5-3-2-4-6-16)18(21)15-9-11-17(12-10-15)20(22)23/h2-6,9-14H,7-8H2,1H3/t13-/m0/s1. The number of nitrogens with zero attached hydrogens (tertiary/aromatic N) is 2. The molecule has 0 aliphatic heterocycles. The smallest absolute Gasteiger partial charge is 0.269 e. The Kier molecular flexibility index (Phi) is 4.10. The molecule has 2 aromatic carbocycles. The van der Waals surface area contributed by atoms with E-state index in [9.17, 15) is 14.9 Å². The Morgan fingerprint density at radius 2 is 1.74 bits per heavy atom. The summed E-state index contributed by atoms with van der Waals surface area (Å²) < 4.78 is 0. The molecule has 1 amide bonds. The molecular weight excluding hydrogens is 292 g/mol. The van der Waals surface area contributed by atoms with Crippen LogP contribution in [0.15, 0.2) is 54.6 Å². The summed E-state index contributed by atoms with van der Waals surface area (Å²) in [6.07, 6.45) is 2.27. The van der Waals surface area contributed by atoms with Crippen LogP contribution in [0.4, 0.5) is 11.4 Å². The molecule has 1 atom stereocenters. The number of non-ortho nitro benzene ring substituents is 1. The van der Waals surface area contributed by atoms with Crippen LogP contribution in [0, 0.1) is 16.0 Å². The normalized spacial score (nSPS) is 15.0. The maximum Gasteiger partial charge on any atom is 0.269 e. The summed E-state index contributed by atoms with van der Waals surface area (Å²) >= 11 is 0. The molecule has 1 fully saturated rings. The number of nitro benzene ring substituents is 1. The molecule has 1 aliphatic carbocycles. The number of para-hydroxylation sites is 1. The second-order valence-electron chi connectivity index (χ2n) is 5.89. The van der Waals surface area contributed by atoms with Gasteiger partial charge in [0.1, 0.15) is 0 Å². The first-order valence-corrected chi connectivity index (χ1v) is 7.71. The van der Waals surface area contributed by atoms with Crippen LogP contribution in [-0.2, 0) is 0 Å². The van der Waals surface area contributed by atoms with E-state index in [1.54, 1.807) is 4.90 Å². The second-order valence-corrected chi connectivity index (χ2v) is 5.89. The number of carbonyl (C=O) groups excluding carboxylic acids is 1. The predicted molar refractivity (Wildman–Crippen MR) is 88.5 cm³/mol. The third-order valence-corrected chi connectivity index (χ3v) is 4.29. The summed E-state index contributed by atoms with van der Waals surface area (Å²) in [4.78, 5) is 25.1. The van der Waals surface area contributed by atoms with Crippen molar-refractivity contribution < 1.29 is 9.72 Å². The molecule has 5 nitrogen and oxygen atoms in total. The largest absolute Gasteiger partial charge is 0.305 e. The Bertz CT molecular complexity index is 709. The van der Waals surface area contributed by atoms with Gasteiger partial charge in [-0.15, -0.1) is 0 Å². The number of amides is 1. The number of carbonyl (C=O) groups is 1. The number of hydrogen-bond donors (Lipinski definition) is 0. The number of nitro groups is 1. The predicted octanol–water partition coefficient (Wildman–Crippen LogP) is 4.04. The van der Waals surface area contributed by atoms with Crippen LogP contribution >= 0.6 is 0 Å². The van der Waals surface area contributed by atoms with Crippen LogP contribution in [0.5, 0.6) is 0 Å². The molecule has 0 spiro atoms. The minimum Gasteiger partial charge on any atom is -0.305 e. The van der Waals surface area contributed by atoms with E-state index >= 15 is 0 Å². The highest BCUT2D eigenvalue weighted by Crippen LogP contribution is 2.37. The van der Waals surface area contributed by atoms with Gasteiger partial charge in [0.05, 0.1) is 4.92 Å². The highest BCUT2D eigenvalue weighted by Gasteiger charge is 2.35. The van der Waals surface area contributed by atoms with Crippen molar-refractivity contribution in [3.63, 3.8) is 0 Å². The van der Waals surface area contributed by atoms with E-state index in [-0.39, 0.29) is 17.6 Å². The lowest BCUT2D eigenvalue weighted by Gasteiger charge is -2.29. The third-order valence-electron chi connectivity index (χ3n) is 4.29. The van der Waals surface area contributed by atoms with Crippen LogP contribution in [0.3, 0.4) is 0 Å². The fourth-order valence-electron chi connectivity index (χ4n) is 2.78. The molecule has 5 heteroatoms. The zero-order chi connectivity index (χ0) is 16.4. The molecule has 0 heterocycles. The molecular formula is C18H18N2O3. The summed E-state index contributed by atoms with van der Waals surface area (Å²) in [5, 5.41) is 10.8. The first kappa shape index (κ1) is 15.2. The average molecular weight is 310 g/mol. The molecule has 3 rings (SSSR count). The molecule has 118 valence electrons. The van der Waals surface area contributed by atoms with Crippen molar-refractivity contribution in [2.45, 2.75) is 25.8 Å². The Morgan fingerprint density at radius 1 is 1.13 bits per heavy atom. The van der Waals surface area contributed by atoms with Gasteiger partial charge in [0, 0.05) is 29.4 Å². The highest BCUT2D eigenvalue weighted by molar-refractivity contribution is 6.06. The summed E-state index contributed by atoms with van der Waals surface area (Å²) in [7, 11) is 0. The van der Waals surface area contributed by atoms with Crippen molar-refractivity contribution in [1.29, 1.82) is 0 Å². The summed E-state index contributed by atoms with van der Waals surface area (Å²) in [5.74, 6) is 0.405. The molecule has 1 aliphatic rings. The molecule has 0 aromatic heterocycles. The van der Waals surface area contributed by atoms with Crippen molar-refractivity contribution in [2.75, 3.05) is 4.90 Å². The molecule has 0 saturated heterocycles. The van der Waals surface area contributed by atoms with Gasteiger partial charge < -0.3 is 4.90 Å². The lowest BCUT2D eigenvalue weighted by molar-refractivity contribution is -0.384. The van der Waals surface area contributed by atoms with E-state index in [1.807, 2.05) is 30.3 Å². The lowest BCUT2D eigenvalue weighted by atomic mass is 10.1. The minimum absolute atomic E-state index is 0.0111. The number of hydrogen-bond acceptors (Lipinski definition) is 3. The summed E-state index contributed by atoms with van der Waals surface area (Å²) in [6.45, 7) is 2.06. The van der Waals surface area contributed by atoms with E-state index in [2.05, 4.69) is 6.92 Å². The van der Waals surface area contributed by atoms with Crippen molar-refractivity contribution in [1.82, 2.24) is 0 Å². The minimum atomic E-state index is -0.462. The molecule has 23 heavy (non-hydrogen) atoms. The number of rotatable bonds is 5. The van der Waals surface area contributed by atoms with Gasteiger partial charge in [0.15, 0.2) is 0 Å². The third kappa shape index (κ3) is 3.23. The van der Waals surface area contributed by atoms with E-state index in [4.69, 9.17) is 0 Å². The van der Waals surface area contributed by atoms with Crippen molar-refractivity contribution >= 4 is 17.3 Å². The molecule has 0 radical (unpaired) electrons. The van der Waals surface area contributed by atoms with Crippen molar-refractivity contribution in [3.8, 4) is 0 Å². The number of anilines is 1. The van der Waals surface area contributed by atoms with Gasteiger partial charge in [-0.05, 0) is 49.9 Å². The van der Waals surface area contributed by atoms with Crippen LogP contribution in [-0.4, -0.2) is 16.9 Å². The van der Waals surface area contributed by atoms with Crippen molar-refractivity contribution in [2.24, 2.45) is 5.92 Å². The molecule has 2 aromatic rings. The Hall–Kier alpha value is -2.69. The van der Waals surface area contributed by atoms with E-state index < -0.39 is 4.92 Å². The Labute approximate surface area is 134 Å². The topological polar surface area (TPSA) is 63.5 Å². The van der Waals surface area contributed by atoms with Gasteiger partial charge in [-0.25, -0.2) is 0 Å². The van der Waals surface area contributed by atoms with E-state index in [1.165, 1.54) is 24.3 Å². The van der Waals surface area contributed by atoms with Gasteiger partial charge in [0.2, 0.25) is 0 Å². The van der Waals surface area contributed by atoms with Crippen LogP contribution in [0.2, 0.25) is 0 Å². The quantitative estimate of drug-likeness (QED) is 0.618. The van der Waals surface area contributed by atoms with E-state index in [0.29, 0.717) is 11.5 Å². The van der Waals surface area contributed by atoms with E-state index in [0.717, 1.165) is 18.5 Å². The molecule has 1 saturated carbocycles. The van der Waals surface area contributed by atoms with Gasteiger partial charge in [0.25, 0.3) is 11.6 Å². The Morgan fingerprint density at radius 3 is 2.26 bits per heavy atom. The maximum atomic E-state index is 13.0. The van der Waals surface area contributed by atoms with Crippen LogP contribution in [0.1, 0.15) is 30.1 Å². The number of benzene rings is 2. The zero-order valence-electron chi connectivity index (χ0n) is 12.9. The fourth-order valence-corrected chi connectivity index (χ4v) is 2.78. The van der Waals surface area contributed by atoms with Gasteiger partial charge in [-0.3, -0.25) is 14.9 Å². The zero-order valence-corrected chi connectivity index (χ0v) is 12.9. The van der Waals surface area contributed by atoms with Gasteiger partial charge in [-0.2, -0.15) is 0 Å².